The van der Waals surface area contributed by atoms with Crippen molar-refractivity contribution < 1.29 is 26.3 Å². The fourth-order valence-electron chi connectivity index (χ4n) is 2.44. The number of aromatic nitrogens is 2. The molecule has 2 N–H and O–H groups in total. The summed E-state index contributed by atoms with van der Waals surface area (Å²) in [5.41, 5.74) is -1.54. The molecule has 1 heterocycles. The van der Waals surface area contributed by atoms with Gasteiger partial charge in [0.05, 0.1) is 12.1 Å². The molecule has 1 aromatic heterocycles. The van der Waals surface area contributed by atoms with Crippen LogP contribution < -0.4 is 10.6 Å². The van der Waals surface area contributed by atoms with Crippen LogP contribution in [0, 0.1) is 0 Å². The van der Waals surface area contributed by atoms with Gasteiger partial charge in [-0.25, -0.2) is 4.99 Å². The number of hydrogen-bond donors (Lipinski definition) is 2. The van der Waals surface area contributed by atoms with Gasteiger partial charge in [-0.15, -0.1) is 24.0 Å². The molecule has 162 valence electrons. The molecule has 0 bridgehead atoms. The Hall–Kier alpha value is -1.99. The number of nitrogens with one attached hydrogen (secondary N) is 2. The highest BCUT2D eigenvalue weighted by Gasteiger charge is 2.36. The Kier molecular flexibility index (Phi) is 8.78. The molecule has 0 saturated carbocycles. The maximum atomic E-state index is 13.0. The van der Waals surface area contributed by atoms with E-state index in [0.717, 1.165) is 16.8 Å². The van der Waals surface area contributed by atoms with Crippen LogP contribution in [0.25, 0.3) is 0 Å². The zero-order chi connectivity index (χ0) is 20.9. The molecule has 0 amide bonds. The van der Waals surface area contributed by atoms with E-state index in [4.69, 9.17) is 0 Å². The van der Waals surface area contributed by atoms with Crippen LogP contribution in [0.4, 0.5) is 26.3 Å². The minimum Gasteiger partial charge on any atom is -0.357 e. The zero-order valence-electron chi connectivity index (χ0n) is 15.5. The Labute approximate surface area is 180 Å². The van der Waals surface area contributed by atoms with Crippen molar-refractivity contribution in [2.24, 2.45) is 12.0 Å². The molecule has 0 saturated heterocycles. The number of rotatable bonds is 5. The van der Waals surface area contributed by atoms with Crippen LogP contribution in [-0.4, -0.2) is 22.3 Å². The number of benzene rings is 1. The van der Waals surface area contributed by atoms with Gasteiger partial charge in [-0.3, -0.25) is 4.68 Å². The van der Waals surface area contributed by atoms with E-state index in [2.05, 4.69) is 20.7 Å². The van der Waals surface area contributed by atoms with Gasteiger partial charge >= 0.3 is 12.4 Å². The molecule has 2 aromatic rings. The Morgan fingerprint density at radius 1 is 1.10 bits per heavy atom. The Bertz CT molecular complexity index is 828. The molecule has 0 spiro atoms. The fraction of sp³-hybridized carbons (Fsp3) is 0.412. The van der Waals surface area contributed by atoms with Gasteiger partial charge in [0, 0.05) is 31.9 Å². The largest absolute Gasteiger partial charge is 0.435 e. The lowest BCUT2D eigenvalue weighted by Crippen LogP contribution is -2.37. The number of halogens is 7. The van der Waals surface area contributed by atoms with E-state index >= 15 is 0 Å². The number of hydrogen-bond acceptors (Lipinski definition) is 2. The van der Waals surface area contributed by atoms with Crippen LogP contribution in [0.2, 0.25) is 0 Å². The lowest BCUT2D eigenvalue weighted by Gasteiger charge is -2.12. The van der Waals surface area contributed by atoms with Crippen molar-refractivity contribution in [3.8, 4) is 0 Å². The predicted molar refractivity (Wildman–Crippen MR) is 107 cm³/mol. The number of guanidine groups is 1. The summed E-state index contributed by atoms with van der Waals surface area (Å²) in [6.45, 7) is 1.91. The first-order valence-corrected chi connectivity index (χ1v) is 8.28. The molecule has 5 nitrogen and oxygen atoms in total. The Morgan fingerprint density at radius 3 is 2.38 bits per heavy atom. The van der Waals surface area contributed by atoms with Crippen LogP contribution in [0.5, 0.6) is 0 Å². The van der Waals surface area contributed by atoms with Crippen molar-refractivity contribution in [2.75, 3.05) is 6.54 Å². The van der Waals surface area contributed by atoms with Crippen molar-refractivity contribution >= 4 is 29.9 Å². The highest BCUT2D eigenvalue weighted by Crippen LogP contribution is 2.31. The van der Waals surface area contributed by atoms with Crippen molar-refractivity contribution in [1.29, 1.82) is 0 Å². The fourth-order valence-corrected chi connectivity index (χ4v) is 2.44. The smallest absolute Gasteiger partial charge is 0.357 e. The monoisotopic (exact) mass is 535 g/mol. The molecule has 29 heavy (non-hydrogen) atoms. The van der Waals surface area contributed by atoms with Gasteiger partial charge in [-0.2, -0.15) is 31.4 Å². The SMILES string of the molecule is CCNC(=NCc1cccc(C(F)(F)F)c1)NCc1cn(C)nc1C(F)(F)F.I. The summed E-state index contributed by atoms with van der Waals surface area (Å²) in [7, 11) is 1.38. The topological polar surface area (TPSA) is 54.2 Å². The van der Waals surface area contributed by atoms with E-state index in [1.54, 1.807) is 6.92 Å². The van der Waals surface area contributed by atoms with Gasteiger partial charge in [-0.1, -0.05) is 12.1 Å². The maximum Gasteiger partial charge on any atom is 0.435 e. The van der Waals surface area contributed by atoms with Crippen molar-refractivity contribution in [1.82, 2.24) is 20.4 Å². The third-order valence-electron chi connectivity index (χ3n) is 3.64. The molecular formula is C17H20F6IN5. The average molecular weight is 535 g/mol. The summed E-state index contributed by atoms with van der Waals surface area (Å²) in [6, 6.07) is 4.71. The van der Waals surface area contributed by atoms with Gasteiger partial charge in [0.25, 0.3) is 0 Å². The van der Waals surface area contributed by atoms with Crippen LogP contribution in [0.15, 0.2) is 35.5 Å². The number of aryl methyl sites for hydroxylation is 1. The summed E-state index contributed by atoms with van der Waals surface area (Å²) in [5.74, 6) is 0.178. The second kappa shape index (κ2) is 10.2. The van der Waals surface area contributed by atoms with Gasteiger partial charge in [0.2, 0.25) is 0 Å². The summed E-state index contributed by atoms with van der Waals surface area (Å²) in [4.78, 5) is 4.14. The minimum atomic E-state index is -4.59. The zero-order valence-corrected chi connectivity index (χ0v) is 17.9. The van der Waals surface area contributed by atoms with Crippen LogP contribution in [-0.2, 0) is 32.5 Å². The van der Waals surface area contributed by atoms with Gasteiger partial charge < -0.3 is 10.6 Å². The molecule has 0 atom stereocenters. The predicted octanol–water partition coefficient (Wildman–Crippen LogP) is 4.33. The molecule has 0 fully saturated rings. The highest BCUT2D eigenvalue weighted by atomic mass is 127. The molecule has 0 unspecified atom stereocenters. The van der Waals surface area contributed by atoms with E-state index < -0.39 is 23.6 Å². The van der Waals surface area contributed by atoms with Crippen LogP contribution in [0.3, 0.4) is 0 Å². The summed E-state index contributed by atoms with van der Waals surface area (Å²) in [5, 5.41) is 9.00. The average Bonchev–Trinajstić information content (AvgIpc) is 2.98. The second-order valence-electron chi connectivity index (χ2n) is 5.92. The van der Waals surface area contributed by atoms with E-state index in [9.17, 15) is 26.3 Å². The van der Waals surface area contributed by atoms with Crippen LogP contribution >= 0.6 is 24.0 Å². The molecule has 0 radical (unpaired) electrons. The lowest BCUT2D eigenvalue weighted by atomic mass is 10.1. The molecular weight excluding hydrogens is 515 g/mol. The standard InChI is InChI=1S/C17H19F6N5.HI/c1-3-24-15(25-8-11-5-4-6-13(7-11)16(18,19)20)26-9-12-10-28(2)27-14(12)17(21,22)23;/h4-7,10H,3,8-9H2,1-2H3,(H2,24,25,26);1H. The highest BCUT2D eigenvalue weighted by molar-refractivity contribution is 14.0. The molecule has 2 rings (SSSR count). The van der Waals surface area contributed by atoms with Crippen molar-refractivity contribution in [2.45, 2.75) is 32.4 Å². The van der Waals surface area contributed by atoms with Crippen molar-refractivity contribution in [3.63, 3.8) is 0 Å². The third kappa shape index (κ3) is 7.40. The molecule has 0 aliphatic rings. The van der Waals surface area contributed by atoms with E-state index in [1.807, 2.05) is 0 Å². The normalized spacial score (nSPS) is 12.5. The molecule has 1 aromatic carbocycles. The summed E-state index contributed by atoms with van der Waals surface area (Å²) in [6.07, 6.45) is -7.81. The van der Waals surface area contributed by atoms with E-state index in [-0.39, 0.29) is 48.6 Å². The van der Waals surface area contributed by atoms with Gasteiger partial charge in [0.1, 0.15) is 0 Å². The first kappa shape index (κ1) is 25.0. The van der Waals surface area contributed by atoms with Gasteiger partial charge in [-0.05, 0) is 24.6 Å². The number of alkyl halides is 6. The third-order valence-corrected chi connectivity index (χ3v) is 3.64. The van der Waals surface area contributed by atoms with E-state index in [0.29, 0.717) is 12.1 Å². The first-order valence-electron chi connectivity index (χ1n) is 8.28. The first-order chi connectivity index (χ1) is 13.0. The summed E-state index contributed by atoms with van der Waals surface area (Å²) >= 11 is 0. The number of aliphatic imine (C=N–C) groups is 1. The molecule has 0 aliphatic carbocycles. The molecule has 12 heteroatoms. The van der Waals surface area contributed by atoms with Crippen LogP contribution in [0.1, 0.15) is 29.3 Å². The molecule has 0 aliphatic heterocycles. The van der Waals surface area contributed by atoms with Gasteiger partial charge in [0.15, 0.2) is 11.7 Å². The Morgan fingerprint density at radius 2 is 1.79 bits per heavy atom. The van der Waals surface area contributed by atoms with E-state index in [1.165, 1.54) is 25.4 Å². The van der Waals surface area contributed by atoms with Crippen molar-refractivity contribution in [3.05, 3.63) is 52.8 Å². The maximum absolute atomic E-state index is 13.0. The minimum absolute atomic E-state index is 0. The number of nitrogens with zero attached hydrogens (tertiary/aromatic N) is 3. The lowest BCUT2D eigenvalue weighted by molar-refractivity contribution is -0.142. The Balaban J connectivity index is 0.00000420. The summed E-state index contributed by atoms with van der Waals surface area (Å²) < 4.78 is 78.4. The quantitative estimate of drug-likeness (QED) is 0.260. The second-order valence-corrected chi connectivity index (χ2v) is 5.92.